The number of aliphatic hydroxyl groups excluding tert-OH is 1. The Morgan fingerprint density at radius 1 is 1.22 bits per heavy atom. The number of benzene rings is 1. The van der Waals surface area contributed by atoms with Crippen molar-refractivity contribution in [3.05, 3.63) is 24.0 Å². The highest BCUT2D eigenvalue weighted by molar-refractivity contribution is 5.89. The summed E-state index contributed by atoms with van der Waals surface area (Å²) in [5.74, 6) is -0.0000668. The van der Waals surface area contributed by atoms with Crippen molar-refractivity contribution in [2.45, 2.75) is 25.7 Å². The molecule has 0 spiro atoms. The van der Waals surface area contributed by atoms with E-state index < -0.39 is 0 Å². The fraction of sp³-hybridized carbons (Fsp3) is 0.588. The lowest BCUT2D eigenvalue weighted by Crippen LogP contribution is -2.41. The van der Waals surface area contributed by atoms with E-state index in [-0.39, 0.29) is 24.4 Å². The predicted octanol–water partition coefficient (Wildman–Crippen LogP) is 2.66. The van der Waals surface area contributed by atoms with Crippen LogP contribution in [-0.4, -0.2) is 48.8 Å². The summed E-state index contributed by atoms with van der Waals surface area (Å²) >= 11 is 0. The normalized spacial score (nSPS) is 19.2. The van der Waals surface area contributed by atoms with Crippen LogP contribution in [0.2, 0.25) is 0 Å². The molecule has 2 saturated heterocycles. The molecule has 2 fully saturated rings. The minimum absolute atomic E-state index is 0.179. The van der Waals surface area contributed by atoms with Crippen LogP contribution >= 0.6 is 0 Å². The van der Waals surface area contributed by atoms with Gasteiger partial charge in [-0.05, 0) is 49.8 Å². The smallest absolute Gasteiger partial charge is 0.321 e. The van der Waals surface area contributed by atoms with E-state index in [1.807, 2.05) is 4.90 Å². The molecule has 5 nitrogen and oxygen atoms in total. The molecule has 23 heavy (non-hydrogen) atoms. The number of anilines is 2. The lowest BCUT2D eigenvalue weighted by atomic mass is 9.98. The van der Waals surface area contributed by atoms with E-state index in [0.717, 1.165) is 38.8 Å². The second-order valence-electron chi connectivity index (χ2n) is 6.40. The van der Waals surface area contributed by atoms with E-state index >= 15 is 0 Å². The third-order valence-electron chi connectivity index (χ3n) is 4.81. The van der Waals surface area contributed by atoms with Gasteiger partial charge in [-0.25, -0.2) is 9.18 Å². The molecule has 0 bridgehead atoms. The third kappa shape index (κ3) is 3.75. The number of nitrogens with zero attached hydrogens (tertiary/aromatic N) is 2. The number of aliphatic hydroxyl groups is 1. The molecule has 2 aliphatic rings. The van der Waals surface area contributed by atoms with Crippen LogP contribution in [0.15, 0.2) is 18.2 Å². The fourth-order valence-corrected chi connectivity index (χ4v) is 3.32. The second kappa shape index (κ2) is 7.17. The lowest BCUT2D eigenvalue weighted by molar-refractivity contribution is 0.143. The van der Waals surface area contributed by atoms with Crippen LogP contribution in [-0.2, 0) is 0 Å². The highest BCUT2D eigenvalue weighted by atomic mass is 19.1. The van der Waals surface area contributed by atoms with E-state index in [9.17, 15) is 9.18 Å². The first kappa shape index (κ1) is 16.1. The van der Waals surface area contributed by atoms with Gasteiger partial charge >= 0.3 is 6.03 Å². The molecular weight excluding hydrogens is 297 g/mol. The van der Waals surface area contributed by atoms with Gasteiger partial charge in [-0.15, -0.1) is 0 Å². The van der Waals surface area contributed by atoms with E-state index in [4.69, 9.17) is 5.11 Å². The Morgan fingerprint density at radius 2 is 1.91 bits per heavy atom. The van der Waals surface area contributed by atoms with Gasteiger partial charge in [-0.2, -0.15) is 0 Å². The molecule has 0 aromatic heterocycles. The summed E-state index contributed by atoms with van der Waals surface area (Å²) in [6.45, 7) is 3.22. The Balaban J connectivity index is 1.59. The Morgan fingerprint density at radius 3 is 2.52 bits per heavy atom. The molecule has 1 aromatic carbocycles. The summed E-state index contributed by atoms with van der Waals surface area (Å²) in [5.41, 5.74) is 1.10. The van der Waals surface area contributed by atoms with Crippen LogP contribution < -0.4 is 10.2 Å². The Hall–Kier alpha value is -1.82. The first-order valence-corrected chi connectivity index (χ1v) is 8.38. The predicted molar refractivity (Wildman–Crippen MR) is 88.2 cm³/mol. The SMILES string of the molecule is O=C(Nc1ccc(N2CCCC2)c(F)c1)N1CCC(CO)CC1. The highest BCUT2D eigenvalue weighted by Gasteiger charge is 2.23. The van der Waals surface area contributed by atoms with Crippen molar-refractivity contribution in [3.8, 4) is 0 Å². The molecule has 126 valence electrons. The van der Waals surface area contributed by atoms with Crippen molar-refractivity contribution in [1.29, 1.82) is 0 Å². The summed E-state index contributed by atoms with van der Waals surface area (Å²) in [7, 11) is 0. The minimum Gasteiger partial charge on any atom is -0.396 e. The zero-order valence-corrected chi connectivity index (χ0v) is 13.3. The molecule has 2 amide bonds. The first-order chi connectivity index (χ1) is 11.2. The Labute approximate surface area is 136 Å². The molecular formula is C17H24FN3O2. The molecule has 2 heterocycles. The number of urea groups is 1. The number of hydrogen-bond donors (Lipinski definition) is 2. The van der Waals surface area contributed by atoms with Gasteiger partial charge < -0.3 is 20.2 Å². The van der Waals surface area contributed by atoms with Crippen LogP contribution in [0.5, 0.6) is 0 Å². The third-order valence-corrected chi connectivity index (χ3v) is 4.81. The topological polar surface area (TPSA) is 55.8 Å². The zero-order valence-electron chi connectivity index (χ0n) is 13.3. The van der Waals surface area contributed by atoms with Gasteiger partial charge in [0, 0.05) is 38.5 Å². The van der Waals surface area contributed by atoms with E-state index in [1.165, 1.54) is 6.07 Å². The number of carbonyl (C=O) groups excluding carboxylic acids is 1. The van der Waals surface area contributed by atoms with Gasteiger partial charge in [0.1, 0.15) is 5.82 Å². The number of rotatable bonds is 3. The molecule has 0 atom stereocenters. The quantitative estimate of drug-likeness (QED) is 0.900. The van der Waals surface area contributed by atoms with Gasteiger partial charge in [0.25, 0.3) is 0 Å². The number of likely N-dealkylation sites (tertiary alicyclic amines) is 1. The number of carbonyl (C=O) groups is 1. The highest BCUT2D eigenvalue weighted by Crippen LogP contribution is 2.26. The van der Waals surface area contributed by atoms with Gasteiger partial charge in [-0.3, -0.25) is 0 Å². The summed E-state index contributed by atoms with van der Waals surface area (Å²) in [4.78, 5) is 16.0. The van der Waals surface area contributed by atoms with Crippen molar-refractivity contribution in [2.24, 2.45) is 5.92 Å². The van der Waals surface area contributed by atoms with Crippen molar-refractivity contribution in [1.82, 2.24) is 4.90 Å². The average molecular weight is 321 g/mol. The summed E-state index contributed by atoms with van der Waals surface area (Å²) in [5, 5.41) is 11.9. The van der Waals surface area contributed by atoms with Crippen LogP contribution in [0, 0.1) is 11.7 Å². The van der Waals surface area contributed by atoms with Crippen molar-refractivity contribution < 1.29 is 14.3 Å². The number of nitrogens with one attached hydrogen (secondary N) is 1. The molecule has 2 N–H and O–H groups in total. The Kier molecular flexibility index (Phi) is 5.00. The fourth-order valence-electron chi connectivity index (χ4n) is 3.32. The number of amides is 2. The summed E-state index contributed by atoms with van der Waals surface area (Å²) < 4.78 is 14.3. The number of piperidine rings is 1. The minimum atomic E-state index is -0.288. The van der Waals surface area contributed by atoms with Gasteiger partial charge in [-0.1, -0.05) is 0 Å². The molecule has 6 heteroatoms. The molecule has 3 rings (SSSR count). The summed E-state index contributed by atoms with van der Waals surface area (Å²) in [6, 6.07) is 4.70. The maximum absolute atomic E-state index is 14.3. The van der Waals surface area contributed by atoms with E-state index in [2.05, 4.69) is 5.32 Å². The van der Waals surface area contributed by atoms with Crippen LogP contribution in [0.4, 0.5) is 20.6 Å². The van der Waals surface area contributed by atoms with Crippen LogP contribution in [0.3, 0.4) is 0 Å². The average Bonchev–Trinajstić information content (AvgIpc) is 3.09. The van der Waals surface area contributed by atoms with Crippen LogP contribution in [0.1, 0.15) is 25.7 Å². The summed E-state index contributed by atoms with van der Waals surface area (Å²) in [6.07, 6.45) is 3.82. The molecule has 0 unspecified atom stereocenters. The second-order valence-corrected chi connectivity index (χ2v) is 6.40. The number of hydrogen-bond acceptors (Lipinski definition) is 3. The molecule has 0 aliphatic carbocycles. The van der Waals surface area contributed by atoms with Gasteiger partial charge in [0.05, 0.1) is 5.69 Å². The Bertz CT molecular complexity index is 553. The molecule has 2 aliphatic heterocycles. The van der Waals surface area contributed by atoms with E-state index in [0.29, 0.717) is 24.5 Å². The van der Waals surface area contributed by atoms with Gasteiger partial charge in [0.2, 0.25) is 0 Å². The molecule has 0 saturated carbocycles. The maximum Gasteiger partial charge on any atom is 0.321 e. The number of halogens is 1. The van der Waals surface area contributed by atoms with E-state index in [1.54, 1.807) is 17.0 Å². The van der Waals surface area contributed by atoms with Gasteiger partial charge in [0.15, 0.2) is 0 Å². The lowest BCUT2D eigenvalue weighted by Gasteiger charge is -2.31. The largest absolute Gasteiger partial charge is 0.396 e. The monoisotopic (exact) mass is 321 g/mol. The van der Waals surface area contributed by atoms with Crippen LogP contribution in [0.25, 0.3) is 0 Å². The molecule has 0 radical (unpaired) electrons. The standard InChI is InChI=1S/C17H24FN3O2/c18-15-11-14(3-4-16(15)20-7-1-2-8-20)19-17(23)21-9-5-13(12-22)6-10-21/h3-4,11,13,22H,1-2,5-10,12H2,(H,19,23). The zero-order chi connectivity index (χ0) is 16.2. The first-order valence-electron chi connectivity index (χ1n) is 8.38. The maximum atomic E-state index is 14.3. The molecule has 1 aromatic rings. The van der Waals surface area contributed by atoms with Crippen molar-refractivity contribution >= 4 is 17.4 Å². The van der Waals surface area contributed by atoms with Crippen molar-refractivity contribution in [3.63, 3.8) is 0 Å². The van der Waals surface area contributed by atoms with Crippen molar-refractivity contribution in [2.75, 3.05) is 43.0 Å².